The van der Waals surface area contributed by atoms with Crippen LogP contribution in [-0.4, -0.2) is 38.0 Å². The number of amides is 1. The van der Waals surface area contributed by atoms with E-state index >= 15 is 0 Å². The Balaban J connectivity index is 3.98. The van der Waals surface area contributed by atoms with Crippen LogP contribution in [0.25, 0.3) is 0 Å². The Morgan fingerprint density at radius 2 is 1.71 bits per heavy atom. The van der Waals surface area contributed by atoms with Gasteiger partial charge in [-0.25, -0.2) is 0 Å². The molecule has 0 aromatic heterocycles. The number of rotatable bonds is 8. The van der Waals surface area contributed by atoms with Gasteiger partial charge in [0.05, 0.1) is 0 Å². The highest BCUT2D eigenvalue weighted by atomic mass is 16.2. The quantitative estimate of drug-likeness (QED) is 0.365. The Hall–Kier alpha value is -1.26. The lowest BCUT2D eigenvalue weighted by Crippen LogP contribution is -2.43. The standard InChI is InChI=1S/C16H34N4O/c1-7-17-15(19-10-8-9-13(2)3)20-12-11-18-14(21)16(4,5)6/h13H,7-12H2,1-6H3,(H,18,21)(H2,17,19,20). The van der Waals surface area contributed by atoms with E-state index in [0.717, 1.165) is 31.4 Å². The minimum Gasteiger partial charge on any atom is -0.357 e. The van der Waals surface area contributed by atoms with Gasteiger partial charge >= 0.3 is 0 Å². The average Bonchev–Trinajstić information content (AvgIpc) is 2.37. The highest BCUT2D eigenvalue weighted by molar-refractivity contribution is 5.81. The van der Waals surface area contributed by atoms with E-state index in [2.05, 4.69) is 34.8 Å². The van der Waals surface area contributed by atoms with Crippen LogP contribution >= 0.6 is 0 Å². The van der Waals surface area contributed by atoms with E-state index < -0.39 is 0 Å². The summed E-state index contributed by atoms with van der Waals surface area (Å²) in [7, 11) is 0. The normalized spacial score (nSPS) is 12.4. The average molecular weight is 298 g/mol. The molecule has 1 amide bonds. The van der Waals surface area contributed by atoms with Crippen molar-refractivity contribution in [1.29, 1.82) is 0 Å². The lowest BCUT2D eigenvalue weighted by molar-refractivity contribution is -0.128. The van der Waals surface area contributed by atoms with Crippen LogP contribution in [0.5, 0.6) is 0 Å². The highest BCUT2D eigenvalue weighted by Crippen LogP contribution is 2.11. The molecule has 5 heteroatoms. The summed E-state index contributed by atoms with van der Waals surface area (Å²) >= 11 is 0. The smallest absolute Gasteiger partial charge is 0.225 e. The Labute approximate surface area is 130 Å². The fourth-order valence-electron chi connectivity index (χ4n) is 1.65. The van der Waals surface area contributed by atoms with E-state index in [-0.39, 0.29) is 11.3 Å². The largest absolute Gasteiger partial charge is 0.357 e. The third-order valence-electron chi connectivity index (χ3n) is 2.94. The van der Waals surface area contributed by atoms with Gasteiger partial charge in [-0.05, 0) is 25.7 Å². The van der Waals surface area contributed by atoms with E-state index in [0.29, 0.717) is 13.1 Å². The Morgan fingerprint density at radius 1 is 1.10 bits per heavy atom. The second kappa shape index (κ2) is 10.5. The van der Waals surface area contributed by atoms with Gasteiger partial charge in [0.15, 0.2) is 5.96 Å². The molecule has 3 N–H and O–H groups in total. The molecular weight excluding hydrogens is 264 g/mol. The lowest BCUT2D eigenvalue weighted by Gasteiger charge is -2.18. The van der Waals surface area contributed by atoms with Crippen molar-refractivity contribution < 1.29 is 4.79 Å². The number of guanidine groups is 1. The van der Waals surface area contributed by atoms with Crippen LogP contribution in [0.3, 0.4) is 0 Å². The van der Waals surface area contributed by atoms with E-state index in [1.165, 1.54) is 6.42 Å². The molecule has 0 aliphatic heterocycles. The molecule has 0 rings (SSSR count). The Bertz CT molecular complexity index is 319. The maximum atomic E-state index is 11.7. The molecular formula is C16H34N4O. The summed E-state index contributed by atoms with van der Waals surface area (Å²) in [6.45, 7) is 15.2. The first-order valence-corrected chi connectivity index (χ1v) is 8.07. The SMILES string of the molecule is CCNC(=NCCCC(C)C)NCCNC(=O)C(C)(C)C. The van der Waals surface area contributed by atoms with Gasteiger partial charge in [-0.1, -0.05) is 34.6 Å². The molecule has 0 fully saturated rings. The highest BCUT2D eigenvalue weighted by Gasteiger charge is 2.20. The summed E-state index contributed by atoms with van der Waals surface area (Å²) in [6, 6.07) is 0. The first-order valence-electron chi connectivity index (χ1n) is 8.07. The van der Waals surface area contributed by atoms with E-state index in [9.17, 15) is 4.79 Å². The third-order valence-corrected chi connectivity index (χ3v) is 2.94. The minimum absolute atomic E-state index is 0.0724. The predicted octanol–water partition coefficient (Wildman–Crippen LogP) is 2.14. The van der Waals surface area contributed by atoms with Crippen LogP contribution in [0, 0.1) is 11.3 Å². The molecule has 0 saturated heterocycles. The fraction of sp³-hybridized carbons (Fsp3) is 0.875. The van der Waals surface area contributed by atoms with E-state index in [1.54, 1.807) is 0 Å². The summed E-state index contributed by atoms with van der Waals surface area (Å²) in [6.07, 6.45) is 2.31. The summed E-state index contributed by atoms with van der Waals surface area (Å²) in [5, 5.41) is 9.37. The molecule has 124 valence electrons. The van der Waals surface area contributed by atoms with Gasteiger partial charge in [-0.3, -0.25) is 9.79 Å². The number of carbonyl (C=O) groups excluding carboxylic acids is 1. The van der Waals surface area contributed by atoms with Crippen LogP contribution in [0.15, 0.2) is 4.99 Å². The molecule has 0 radical (unpaired) electrons. The van der Waals surface area contributed by atoms with Crippen molar-refractivity contribution in [2.45, 2.75) is 54.4 Å². The van der Waals surface area contributed by atoms with Gasteiger partial charge in [-0.15, -0.1) is 0 Å². The maximum absolute atomic E-state index is 11.7. The fourth-order valence-corrected chi connectivity index (χ4v) is 1.65. The number of hydrogen-bond acceptors (Lipinski definition) is 2. The summed E-state index contributed by atoms with van der Waals surface area (Å²) in [5.41, 5.74) is -0.338. The first-order chi connectivity index (χ1) is 9.77. The summed E-state index contributed by atoms with van der Waals surface area (Å²) in [4.78, 5) is 16.3. The summed E-state index contributed by atoms with van der Waals surface area (Å²) < 4.78 is 0. The molecule has 0 aliphatic carbocycles. The zero-order valence-corrected chi connectivity index (χ0v) is 14.7. The zero-order valence-electron chi connectivity index (χ0n) is 14.7. The second-order valence-corrected chi connectivity index (χ2v) is 6.73. The monoisotopic (exact) mass is 298 g/mol. The minimum atomic E-state index is -0.338. The van der Waals surface area contributed by atoms with Crippen LogP contribution in [-0.2, 0) is 4.79 Å². The molecule has 5 nitrogen and oxygen atoms in total. The summed E-state index contributed by atoms with van der Waals surface area (Å²) in [5.74, 6) is 1.62. The molecule has 0 heterocycles. The van der Waals surface area contributed by atoms with Crippen LogP contribution in [0.1, 0.15) is 54.4 Å². The molecule has 0 aromatic rings. The maximum Gasteiger partial charge on any atom is 0.225 e. The van der Waals surface area contributed by atoms with Gasteiger partial charge in [0.25, 0.3) is 0 Å². The zero-order chi connectivity index (χ0) is 16.3. The first kappa shape index (κ1) is 19.7. The number of nitrogens with one attached hydrogen (secondary N) is 3. The van der Waals surface area contributed by atoms with E-state index in [4.69, 9.17) is 0 Å². The van der Waals surface area contributed by atoms with Crippen LogP contribution in [0.4, 0.5) is 0 Å². The van der Waals surface area contributed by atoms with Crippen molar-refractivity contribution in [2.75, 3.05) is 26.2 Å². The van der Waals surface area contributed by atoms with Crippen LogP contribution < -0.4 is 16.0 Å². The number of hydrogen-bond donors (Lipinski definition) is 3. The molecule has 0 saturated carbocycles. The molecule has 0 spiro atoms. The Kier molecular flexibility index (Phi) is 9.84. The molecule has 0 atom stereocenters. The van der Waals surface area contributed by atoms with Crippen molar-refractivity contribution in [3.8, 4) is 0 Å². The third kappa shape index (κ3) is 11.1. The molecule has 0 unspecified atom stereocenters. The van der Waals surface area contributed by atoms with Gasteiger partial charge in [0.1, 0.15) is 0 Å². The van der Waals surface area contributed by atoms with Gasteiger partial charge in [0.2, 0.25) is 5.91 Å². The number of nitrogens with zero attached hydrogens (tertiary/aromatic N) is 1. The van der Waals surface area contributed by atoms with E-state index in [1.807, 2.05) is 27.7 Å². The van der Waals surface area contributed by atoms with Crippen molar-refractivity contribution in [1.82, 2.24) is 16.0 Å². The van der Waals surface area contributed by atoms with Crippen LogP contribution in [0.2, 0.25) is 0 Å². The van der Waals surface area contributed by atoms with Gasteiger partial charge in [-0.2, -0.15) is 0 Å². The lowest BCUT2D eigenvalue weighted by atomic mass is 9.96. The van der Waals surface area contributed by atoms with Gasteiger partial charge in [0, 0.05) is 31.6 Å². The van der Waals surface area contributed by atoms with Crippen molar-refractivity contribution in [3.63, 3.8) is 0 Å². The topological polar surface area (TPSA) is 65.5 Å². The Morgan fingerprint density at radius 3 is 2.24 bits per heavy atom. The van der Waals surface area contributed by atoms with Crippen molar-refractivity contribution in [3.05, 3.63) is 0 Å². The molecule has 0 aromatic carbocycles. The van der Waals surface area contributed by atoms with Crippen molar-refractivity contribution >= 4 is 11.9 Å². The number of carbonyl (C=O) groups is 1. The van der Waals surface area contributed by atoms with Gasteiger partial charge < -0.3 is 16.0 Å². The molecule has 0 bridgehead atoms. The molecule has 21 heavy (non-hydrogen) atoms. The second-order valence-electron chi connectivity index (χ2n) is 6.73. The molecule has 0 aliphatic rings. The number of aliphatic imine (C=N–C) groups is 1. The van der Waals surface area contributed by atoms with Crippen molar-refractivity contribution in [2.24, 2.45) is 16.3 Å². The predicted molar refractivity (Wildman–Crippen MR) is 90.5 cm³/mol.